The normalized spacial score (nSPS) is 26.6. The van der Waals surface area contributed by atoms with Gasteiger partial charge in [-0.2, -0.15) is 0 Å². The number of hydrogen-bond acceptors (Lipinski definition) is 2. The first kappa shape index (κ1) is 13.6. The lowest BCUT2D eigenvalue weighted by molar-refractivity contribution is 0.115. The average Bonchev–Trinajstić information content (AvgIpc) is 2.55. The van der Waals surface area contributed by atoms with Crippen molar-refractivity contribution in [1.29, 1.82) is 0 Å². The summed E-state index contributed by atoms with van der Waals surface area (Å²) in [5, 5.41) is 13.7. The minimum atomic E-state index is -0.181. The Hall–Kier alpha value is -0.860. The highest BCUT2D eigenvalue weighted by atomic mass is 16.3. The molecular formula is C16H25NO. The lowest BCUT2D eigenvalue weighted by Crippen LogP contribution is -2.40. The fourth-order valence-electron chi connectivity index (χ4n) is 2.84. The smallest absolute Gasteiger partial charge is 0.0693 e. The highest BCUT2D eigenvalue weighted by Gasteiger charge is 2.23. The van der Waals surface area contributed by atoms with Crippen LogP contribution < -0.4 is 5.32 Å². The van der Waals surface area contributed by atoms with Crippen molar-refractivity contribution in [2.24, 2.45) is 0 Å². The van der Waals surface area contributed by atoms with Crippen molar-refractivity contribution in [2.75, 3.05) is 0 Å². The van der Waals surface area contributed by atoms with E-state index in [0.717, 1.165) is 19.3 Å². The third kappa shape index (κ3) is 3.56. The monoisotopic (exact) mass is 247 g/mol. The average molecular weight is 247 g/mol. The Morgan fingerprint density at radius 2 is 2.00 bits per heavy atom. The fourth-order valence-corrected chi connectivity index (χ4v) is 2.84. The molecule has 0 spiro atoms. The molecule has 2 unspecified atom stereocenters. The van der Waals surface area contributed by atoms with Crippen LogP contribution in [0.3, 0.4) is 0 Å². The molecule has 2 rings (SSSR count). The molecule has 1 aliphatic rings. The Morgan fingerprint density at radius 3 is 2.78 bits per heavy atom. The minimum Gasteiger partial charge on any atom is -0.392 e. The summed E-state index contributed by atoms with van der Waals surface area (Å²) >= 11 is 0. The van der Waals surface area contributed by atoms with E-state index in [1.807, 2.05) is 0 Å². The van der Waals surface area contributed by atoms with Crippen molar-refractivity contribution in [2.45, 2.75) is 64.1 Å². The number of nitrogens with one attached hydrogen (secondary N) is 1. The number of rotatable bonds is 3. The number of aliphatic hydroxyl groups is 1. The summed E-state index contributed by atoms with van der Waals surface area (Å²) in [5.41, 5.74) is 2.61. The maximum atomic E-state index is 10.1. The van der Waals surface area contributed by atoms with Crippen LogP contribution in [-0.4, -0.2) is 17.3 Å². The van der Waals surface area contributed by atoms with Crippen molar-refractivity contribution in [3.63, 3.8) is 0 Å². The molecule has 3 atom stereocenters. The Kier molecular flexibility index (Phi) is 4.79. The number of benzene rings is 1. The number of aryl methyl sites for hydroxylation is 1. The molecule has 0 aliphatic heterocycles. The zero-order chi connectivity index (χ0) is 13.0. The van der Waals surface area contributed by atoms with Crippen LogP contribution in [0.1, 0.15) is 56.2 Å². The third-order valence-corrected chi connectivity index (χ3v) is 3.99. The third-order valence-electron chi connectivity index (χ3n) is 3.99. The van der Waals surface area contributed by atoms with E-state index in [4.69, 9.17) is 0 Å². The largest absolute Gasteiger partial charge is 0.392 e. The van der Waals surface area contributed by atoms with Gasteiger partial charge in [0.25, 0.3) is 0 Å². The van der Waals surface area contributed by atoms with Gasteiger partial charge in [0.05, 0.1) is 6.10 Å². The van der Waals surface area contributed by atoms with Gasteiger partial charge >= 0.3 is 0 Å². The topological polar surface area (TPSA) is 32.3 Å². The Bertz CT molecular complexity index is 377. The Morgan fingerprint density at radius 1 is 1.22 bits per heavy atom. The molecule has 0 bridgehead atoms. The van der Waals surface area contributed by atoms with Crippen LogP contribution in [0.4, 0.5) is 0 Å². The highest BCUT2D eigenvalue weighted by Crippen LogP contribution is 2.22. The van der Waals surface area contributed by atoms with Crippen molar-refractivity contribution >= 4 is 0 Å². The molecule has 1 aliphatic carbocycles. The van der Waals surface area contributed by atoms with Gasteiger partial charge in [0.1, 0.15) is 0 Å². The summed E-state index contributed by atoms with van der Waals surface area (Å²) < 4.78 is 0. The first-order valence-corrected chi connectivity index (χ1v) is 7.17. The summed E-state index contributed by atoms with van der Waals surface area (Å²) in [4.78, 5) is 0. The lowest BCUT2D eigenvalue weighted by atomic mass is 10.0. The van der Waals surface area contributed by atoms with Crippen LogP contribution in [-0.2, 0) is 0 Å². The predicted octanol–water partition coefficient (Wildman–Crippen LogP) is 3.34. The SMILES string of the molecule is Cc1cccc([C@H](C)NC2CCCCCC2O)c1. The lowest BCUT2D eigenvalue weighted by Gasteiger charge is -2.26. The van der Waals surface area contributed by atoms with Crippen molar-refractivity contribution < 1.29 is 5.11 Å². The standard InChI is InChI=1S/C16H25NO/c1-12-7-6-8-14(11-12)13(2)17-15-9-4-3-5-10-16(15)18/h6-8,11,13,15-18H,3-5,9-10H2,1-2H3/t13-,15?,16?/m0/s1. The molecular weight excluding hydrogens is 222 g/mol. The van der Waals surface area contributed by atoms with Gasteiger partial charge in [-0.05, 0) is 32.3 Å². The maximum Gasteiger partial charge on any atom is 0.0693 e. The van der Waals surface area contributed by atoms with Crippen LogP contribution in [0.15, 0.2) is 24.3 Å². The minimum absolute atomic E-state index is 0.181. The van der Waals surface area contributed by atoms with E-state index >= 15 is 0 Å². The summed E-state index contributed by atoms with van der Waals surface area (Å²) in [6, 6.07) is 9.17. The van der Waals surface area contributed by atoms with E-state index < -0.39 is 0 Å². The van der Waals surface area contributed by atoms with E-state index in [9.17, 15) is 5.11 Å². The van der Waals surface area contributed by atoms with E-state index in [1.165, 1.54) is 24.0 Å². The van der Waals surface area contributed by atoms with Gasteiger partial charge in [-0.1, -0.05) is 49.1 Å². The van der Waals surface area contributed by atoms with E-state index in [-0.39, 0.29) is 12.1 Å². The van der Waals surface area contributed by atoms with Crippen molar-refractivity contribution in [3.05, 3.63) is 35.4 Å². The van der Waals surface area contributed by atoms with Crippen molar-refractivity contribution in [3.8, 4) is 0 Å². The van der Waals surface area contributed by atoms with Gasteiger partial charge < -0.3 is 10.4 Å². The first-order chi connectivity index (χ1) is 8.66. The van der Waals surface area contributed by atoms with Gasteiger partial charge in [-0.3, -0.25) is 0 Å². The zero-order valence-corrected chi connectivity index (χ0v) is 11.5. The number of aliphatic hydroxyl groups excluding tert-OH is 1. The zero-order valence-electron chi connectivity index (χ0n) is 11.5. The maximum absolute atomic E-state index is 10.1. The van der Waals surface area contributed by atoms with Gasteiger partial charge in [0, 0.05) is 12.1 Å². The second-order valence-corrected chi connectivity index (χ2v) is 5.61. The molecule has 1 aromatic carbocycles. The molecule has 0 radical (unpaired) electrons. The Labute approximate surface area is 110 Å². The van der Waals surface area contributed by atoms with Crippen LogP contribution in [0.2, 0.25) is 0 Å². The van der Waals surface area contributed by atoms with E-state index in [2.05, 4.69) is 43.4 Å². The number of hydrogen-bond donors (Lipinski definition) is 2. The van der Waals surface area contributed by atoms with Gasteiger partial charge in [-0.25, -0.2) is 0 Å². The van der Waals surface area contributed by atoms with E-state index in [1.54, 1.807) is 0 Å². The highest BCUT2D eigenvalue weighted by molar-refractivity contribution is 5.24. The molecule has 2 N–H and O–H groups in total. The molecule has 0 heterocycles. The molecule has 1 saturated carbocycles. The summed E-state index contributed by atoms with van der Waals surface area (Å²) in [7, 11) is 0. The predicted molar refractivity (Wildman–Crippen MR) is 75.6 cm³/mol. The fraction of sp³-hybridized carbons (Fsp3) is 0.625. The molecule has 100 valence electrons. The molecule has 18 heavy (non-hydrogen) atoms. The van der Waals surface area contributed by atoms with Gasteiger partial charge in [0.2, 0.25) is 0 Å². The van der Waals surface area contributed by atoms with E-state index in [0.29, 0.717) is 6.04 Å². The quantitative estimate of drug-likeness (QED) is 0.803. The Balaban J connectivity index is 1.99. The van der Waals surface area contributed by atoms with Gasteiger partial charge in [0.15, 0.2) is 0 Å². The molecule has 2 nitrogen and oxygen atoms in total. The second kappa shape index (κ2) is 6.35. The summed E-state index contributed by atoms with van der Waals surface area (Å²) in [6.45, 7) is 4.31. The van der Waals surface area contributed by atoms with Crippen molar-refractivity contribution in [1.82, 2.24) is 5.32 Å². The molecule has 0 amide bonds. The van der Waals surface area contributed by atoms with Crippen LogP contribution in [0, 0.1) is 6.92 Å². The second-order valence-electron chi connectivity index (χ2n) is 5.61. The summed E-state index contributed by atoms with van der Waals surface area (Å²) in [6.07, 6.45) is 5.51. The molecule has 1 fully saturated rings. The molecule has 0 aromatic heterocycles. The first-order valence-electron chi connectivity index (χ1n) is 7.17. The van der Waals surface area contributed by atoms with Crippen LogP contribution in [0.5, 0.6) is 0 Å². The van der Waals surface area contributed by atoms with Crippen LogP contribution in [0.25, 0.3) is 0 Å². The van der Waals surface area contributed by atoms with Crippen LogP contribution >= 0.6 is 0 Å². The molecule has 0 saturated heterocycles. The molecule has 2 heteroatoms. The molecule has 1 aromatic rings. The summed E-state index contributed by atoms with van der Waals surface area (Å²) in [5.74, 6) is 0. The van der Waals surface area contributed by atoms with Gasteiger partial charge in [-0.15, -0.1) is 0 Å².